The van der Waals surface area contributed by atoms with Crippen LogP contribution in [0.1, 0.15) is 46.7 Å². The maximum Gasteiger partial charge on any atom is 0.254 e. The van der Waals surface area contributed by atoms with E-state index in [2.05, 4.69) is 39.4 Å². The molecule has 0 aliphatic carbocycles. The molecule has 0 bridgehead atoms. The van der Waals surface area contributed by atoms with E-state index in [-0.39, 0.29) is 11.7 Å². The normalized spacial score (nSPS) is 17.3. The lowest BCUT2D eigenvalue weighted by Crippen LogP contribution is -2.48. The Labute approximate surface area is 210 Å². The van der Waals surface area contributed by atoms with Crippen LogP contribution in [0.3, 0.4) is 0 Å². The van der Waals surface area contributed by atoms with E-state index in [1.165, 1.54) is 6.07 Å². The molecule has 0 radical (unpaired) electrons. The van der Waals surface area contributed by atoms with Crippen LogP contribution in [-0.2, 0) is 18.3 Å². The molecule has 1 atom stereocenters. The standard InChI is InChI=1S/C27H30N6O3/c1-3-7-21-24-25(31(2)30-21)22(17-34)28-26(29-24)20-16-18(10-11-23(20)35)27(36)33-14-12-32(13-15-33)19-8-5-4-6-9-19/h4-6,8-11,16-17,22,35H,3,7,12-15H2,1-2H3,(H,28,29). The largest absolute Gasteiger partial charge is 0.507 e. The summed E-state index contributed by atoms with van der Waals surface area (Å²) < 4.78 is 1.68. The minimum atomic E-state index is -0.746. The predicted octanol–water partition coefficient (Wildman–Crippen LogP) is 3.15. The van der Waals surface area contributed by atoms with E-state index >= 15 is 0 Å². The van der Waals surface area contributed by atoms with Crippen molar-refractivity contribution in [3.63, 3.8) is 0 Å². The summed E-state index contributed by atoms with van der Waals surface area (Å²) in [5, 5.41) is 18.5. The van der Waals surface area contributed by atoms with E-state index in [0.717, 1.165) is 49.3 Å². The molecule has 3 heterocycles. The molecule has 2 aliphatic rings. The Morgan fingerprint density at radius 1 is 1.14 bits per heavy atom. The summed E-state index contributed by atoms with van der Waals surface area (Å²) in [7, 11) is 1.80. The molecule has 1 fully saturated rings. The van der Waals surface area contributed by atoms with Crippen molar-refractivity contribution in [2.45, 2.75) is 25.8 Å². The lowest BCUT2D eigenvalue weighted by molar-refractivity contribution is -0.109. The van der Waals surface area contributed by atoms with Gasteiger partial charge in [0.2, 0.25) is 0 Å². The van der Waals surface area contributed by atoms with Crippen LogP contribution in [0.4, 0.5) is 11.4 Å². The van der Waals surface area contributed by atoms with E-state index in [1.807, 2.05) is 23.1 Å². The number of piperazine rings is 1. The molecule has 5 rings (SSSR count). The number of aryl methyl sites for hydroxylation is 2. The summed E-state index contributed by atoms with van der Waals surface area (Å²) in [6.07, 6.45) is 2.42. The third-order valence-corrected chi connectivity index (χ3v) is 6.76. The van der Waals surface area contributed by atoms with Gasteiger partial charge in [-0.15, -0.1) is 0 Å². The topological polar surface area (TPSA) is 103 Å². The van der Waals surface area contributed by atoms with Crippen molar-refractivity contribution in [2.24, 2.45) is 12.0 Å². The van der Waals surface area contributed by atoms with Crippen molar-refractivity contribution in [3.8, 4) is 5.75 Å². The number of nitrogens with zero attached hydrogens (tertiary/aromatic N) is 5. The maximum atomic E-state index is 13.3. The number of rotatable bonds is 6. The Morgan fingerprint density at radius 2 is 1.89 bits per heavy atom. The molecule has 186 valence electrons. The number of aromatic nitrogens is 2. The number of hydrogen-bond acceptors (Lipinski definition) is 7. The molecular weight excluding hydrogens is 456 g/mol. The Hall–Kier alpha value is -4.14. The van der Waals surface area contributed by atoms with Gasteiger partial charge in [0.05, 0.1) is 22.6 Å². The number of nitrogens with one attached hydrogen (secondary N) is 1. The molecule has 1 aromatic heterocycles. The predicted molar refractivity (Wildman–Crippen MR) is 139 cm³/mol. The fourth-order valence-corrected chi connectivity index (χ4v) is 4.91. The molecule has 3 aromatic rings. The number of aldehydes is 1. The summed E-state index contributed by atoms with van der Waals surface area (Å²) in [5.74, 6) is 0.243. The van der Waals surface area contributed by atoms with Crippen LogP contribution in [0.25, 0.3) is 0 Å². The van der Waals surface area contributed by atoms with Gasteiger partial charge in [0.1, 0.15) is 11.6 Å². The highest BCUT2D eigenvalue weighted by Crippen LogP contribution is 2.34. The summed E-state index contributed by atoms with van der Waals surface area (Å²) in [6.45, 7) is 4.78. The Balaban J connectivity index is 1.38. The number of aliphatic imine (C=N–C) groups is 1. The second-order valence-electron chi connectivity index (χ2n) is 9.11. The molecule has 36 heavy (non-hydrogen) atoms. The Kier molecular flexibility index (Phi) is 6.45. The minimum Gasteiger partial charge on any atom is -0.507 e. The first-order valence-corrected chi connectivity index (χ1v) is 12.3. The Morgan fingerprint density at radius 3 is 2.58 bits per heavy atom. The molecule has 1 amide bonds. The fourth-order valence-electron chi connectivity index (χ4n) is 4.91. The van der Waals surface area contributed by atoms with E-state index in [1.54, 1.807) is 23.9 Å². The third kappa shape index (κ3) is 4.32. The molecule has 0 spiro atoms. The number of phenolic OH excluding ortho intramolecular Hbond substituents is 1. The molecule has 9 heteroatoms. The highest BCUT2D eigenvalue weighted by Gasteiger charge is 2.30. The van der Waals surface area contributed by atoms with Crippen LogP contribution in [-0.4, -0.2) is 64.0 Å². The second-order valence-corrected chi connectivity index (χ2v) is 9.11. The van der Waals surface area contributed by atoms with E-state index < -0.39 is 6.04 Å². The third-order valence-electron chi connectivity index (χ3n) is 6.76. The first-order chi connectivity index (χ1) is 17.5. The maximum absolute atomic E-state index is 13.3. The summed E-state index contributed by atoms with van der Waals surface area (Å²) in [4.78, 5) is 33.9. The minimum absolute atomic E-state index is 0.0132. The van der Waals surface area contributed by atoms with Gasteiger partial charge in [-0.25, -0.2) is 0 Å². The SMILES string of the molecule is CCCc1nn(C)c2c1NC(c1cc(C(=O)N3CCN(c4ccccc4)CC3)ccc1O)=NC2C=O. The van der Waals surface area contributed by atoms with Crippen LogP contribution in [0.5, 0.6) is 5.75 Å². The number of carbonyl (C=O) groups excluding carboxylic acids is 2. The molecule has 1 saturated heterocycles. The van der Waals surface area contributed by atoms with Gasteiger partial charge >= 0.3 is 0 Å². The van der Waals surface area contributed by atoms with Crippen LogP contribution >= 0.6 is 0 Å². The number of anilines is 2. The van der Waals surface area contributed by atoms with Crippen molar-refractivity contribution >= 4 is 29.4 Å². The molecule has 2 aromatic carbocycles. The van der Waals surface area contributed by atoms with Crippen molar-refractivity contribution < 1.29 is 14.7 Å². The summed E-state index contributed by atoms with van der Waals surface area (Å²) >= 11 is 0. The number of benzene rings is 2. The average Bonchev–Trinajstić information content (AvgIpc) is 3.24. The number of phenols is 1. The van der Waals surface area contributed by atoms with E-state index in [4.69, 9.17) is 0 Å². The Bertz CT molecular complexity index is 1310. The summed E-state index contributed by atoms with van der Waals surface area (Å²) in [6, 6.07) is 14.2. The number of fused-ring (bicyclic) bond motifs is 1. The van der Waals surface area contributed by atoms with Gasteiger partial charge in [0.25, 0.3) is 5.91 Å². The fraction of sp³-hybridized carbons (Fsp3) is 0.333. The van der Waals surface area contributed by atoms with Crippen molar-refractivity contribution in [2.75, 3.05) is 36.4 Å². The molecule has 2 N–H and O–H groups in total. The quantitative estimate of drug-likeness (QED) is 0.519. The second kappa shape index (κ2) is 9.85. The summed E-state index contributed by atoms with van der Waals surface area (Å²) in [5.41, 5.74) is 4.29. The van der Waals surface area contributed by atoms with Gasteiger partial charge in [0.15, 0.2) is 12.3 Å². The van der Waals surface area contributed by atoms with Gasteiger partial charge < -0.3 is 25.0 Å². The van der Waals surface area contributed by atoms with Crippen LogP contribution in [0.15, 0.2) is 53.5 Å². The van der Waals surface area contributed by atoms with Crippen LogP contribution in [0.2, 0.25) is 0 Å². The van der Waals surface area contributed by atoms with Gasteiger partial charge in [-0.1, -0.05) is 31.5 Å². The van der Waals surface area contributed by atoms with Crippen molar-refractivity contribution in [3.05, 3.63) is 71.0 Å². The zero-order valence-electron chi connectivity index (χ0n) is 20.5. The first kappa shape index (κ1) is 23.6. The van der Waals surface area contributed by atoms with E-state index in [9.17, 15) is 14.7 Å². The highest BCUT2D eigenvalue weighted by atomic mass is 16.3. The number of aromatic hydroxyl groups is 1. The van der Waals surface area contributed by atoms with Crippen LogP contribution < -0.4 is 10.2 Å². The molecule has 1 unspecified atom stereocenters. The molecule has 2 aliphatic heterocycles. The number of para-hydroxylation sites is 1. The lowest BCUT2D eigenvalue weighted by Gasteiger charge is -2.36. The van der Waals surface area contributed by atoms with Gasteiger partial charge in [-0.05, 0) is 36.8 Å². The van der Waals surface area contributed by atoms with Gasteiger partial charge in [-0.2, -0.15) is 5.10 Å². The highest BCUT2D eigenvalue weighted by molar-refractivity contribution is 6.13. The molecule has 0 saturated carbocycles. The number of amides is 1. The van der Waals surface area contributed by atoms with Gasteiger partial charge in [0, 0.05) is 44.5 Å². The zero-order chi connectivity index (χ0) is 25.2. The number of amidine groups is 1. The van der Waals surface area contributed by atoms with Crippen molar-refractivity contribution in [1.29, 1.82) is 0 Å². The average molecular weight is 487 g/mol. The first-order valence-electron chi connectivity index (χ1n) is 12.3. The molecule has 9 nitrogen and oxygen atoms in total. The molecular formula is C27H30N6O3. The van der Waals surface area contributed by atoms with Gasteiger partial charge in [-0.3, -0.25) is 14.5 Å². The smallest absolute Gasteiger partial charge is 0.254 e. The zero-order valence-corrected chi connectivity index (χ0v) is 20.5. The van der Waals surface area contributed by atoms with Crippen molar-refractivity contribution in [1.82, 2.24) is 14.7 Å². The lowest BCUT2D eigenvalue weighted by atomic mass is 10.0. The number of hydrogen-bond donors (Lipinski definition) is 2. The van der Waals surface area contributed by atoms with E-state index in [0.29, 0.717) is 35.7 Å². The monoisotopic (exact) mass is 486 g/mol. The number of carbonyl (C=O) groups is 2. The van der Waals surface area contributed by atoms with Crippen LogP contribution in [0, 0.1) is 0 Å².